The number of nitrogens with zero attached hydrogens (tertiary/aromatic N) is 1. The Labute approximate surface area is 108 Å². The maximum Gasteiger partial charge on any atom is 0.0725 e. The molecule has 96 valence electrons. The molecule has 0 radical (unpaired) electrons. The number of hydrogen-bond donors (Lipinski definition) is 2. The molecule has 0 spiro atoms. The van der Waals surface area contributed by atoms with Crippen LogP contribution in [0.5, 0.6) is 0 Å². The molecule has 1 aromatic heterocycles. The van der Waals surface area contributed by atoms with Gasteiger partial charge in [-0.2, -0.15) is 0 Å². The minimum atomic E-state index is 0.164. The molecule has 0 amide bonds. The third kappa shape index (κ3) is 2.79. The molecule has 2 rings (SSSR count). The number of para-hydroxylation sites is 1. The number of aryl methyl sites for hydroxylation is 1. The van der Waals surface area contributed by atoms with Gasteiger partial charge in [0.1, 0.15) is 0 Å². The van der Waals surface area contributed by atoms with Crippen LogP contribution in [-0.2, 0) is 0 Å². The van der Waals surface area contributed by atoms with Crippen LogP contribution in [0.25, 0.3) is 10.9 Å². The summed E-state index contributed by atoms with van der Waals surface area (Å²) in [5.74, 6) is 0.478. The molecule has 0 bridgehead atoms. The van der Waals surface area contributed by atoms with Crippen LogP contribution in [0.3, 0.4) is 0 Å². The van der Waals surface area contributed by atoms with Crippen LogP contribution in [-0.4, -0.2) is 17.6 Å². The first kappa shape index (κ1) is 12.8. The van der Waals surface area contributed by atoms with Gasteiger partial charge in [0.05, 0.1) is 5.52 Å². The molecule has 0 saturated carbocycles. The number of fused-ring (bicyclic) bond motifs is 1. The van der Waals surface area contributed by atoms with Gasteiger partial charge in [-0.05, 0) is 25.0 Å². The second-order valence-electron chi connectivity index (χ2n) is 5.12. The quantitative estimate of drug-likeness (QED) is 0.868. The van der Waals surface area contributed by atoms with Crippen LogP contribution in [0.4, 0.5) is 5.69 Å². The summed E-state index contributed by atoms with van der Waals surface area (Å²) >= 11 is 0. The van der Waals surface area contributed by atoms with Crippen molar-refractivity contribution < 1.29 is 0 Å². The molecular weight excluding hydrogens is 222 g/mol. The Morgan fingerprint density at radius 3 is 2.72 bits per heavy atom. The van der Waals surface area contributed by atoms with E-state index in [1.54, 1.807) is 0 Å². The average Bonchev–Trinajstić information content (AvgIpc) is 2.35. The fourth-order valence-corrected chi connectivity index (χ4v) is 1.92. The molecule has 0 fully saturated rings. The zero-order chi connectivity index (χ0) is 13.1. The van der Waals surface area contributed by atoms with Crippen molar-refractivity contribution in [2.75, 3.05) is 11.9 Å². The van der Waals surface area contributed by atoms with Crippen LogP contribution in [0.1, 0.15) is 19.5 Å². The lowest BCUT2D eigenvalue weighted by Gasteiger charge is -2.18. The summed E-state index contributed by atoms with van der Waals surface area (Å²) in [7, 11) is 0. The highest BCUT2D eigenvalue weighted by Gasteiger charge is 2.08. The van der Waals surface area contributed by atoms with Gasteiger partial charge in [-0.25, -0.2) is 0 Å². The summed E-state index contributed by atoms with van der Waals surface area (Å²) in [5, 5.41) is 4.60. The number of rotatable bonds is 4. The van der Waals surface area contributed by atoms with Gasteiger partial charge in [0.2, 0.25) is 0 Å². The van der Waals surface area contributed by atoms with E-state index in [1.165, 1.54) is 0 Å². The van der Waals surface area contributed by atoms with Gasteiger partial charge in [-0.1, -0.05) is 32.0 Å². The zero-order valence-electron chi connectivity index (χ0n) is 11.3. The Hall–Kier alpha value is -1.61. The van der Waals surface area contributed by atoms with Gasteiger partial charge in [0.15, 0.2) is 0 Å². The van der Waals surface area contributed by atoms with E-state index in [0.29, 0.717) is 5.92 Å². The predicted octanol–water partition coefficient (Wildman–Crippen LogP) is 2.94. The minimum absolute atomic E-state index is 0.164. The van der Waals surface area contributed by atoms with Gasteiger partial charge in [-0.3, -0.25) is 4.98 Å². The first-order valence-corrected chi connectivity index (χ1v) is 6.44. The summed E-state index contributed by atoms with van der Waals surface area (Å²) in [6, 6.07) is 10.4. The smallest absolute Gasteiger partial charge is 0.0725 e. The van der Waals surface area contributed by atoms with Crippen molar-refractivity contribution in [3.05, 3.63) is 36.0 Å². The summed E-state index contributed by atoms with van der Waals surface area (Å²) in [6.45, 7) is 7.08. The second kappa shape index (κ2) is 5.36. The van der Waals surface area contributed by atoms with Crippen LogP contribution in [0.15, 0.2) is 30.3 Å². The molecule has 0 aliphatic carbocycles. The van der Waals surface area contributed by atoms with Crippen molar-refractivity contribution in [3.8, 4) is 0 Å². The molecule has 1 unspecified atom stereocenters. The van der Waals surface area contributed by atoms with Crippen molar-refractivity contribution in [1.29, 1.82) is 0 Å². The summed E-state index contributed by atoms with van der Waals surface area (Å²) in [4.78, 5) is 4.53. The molecule has 0 aliphatic heterocycles. The lowest BCUT2D eigenvalue weighted by Crippen LogP contribution is -2.34. The highest BCUT2D eigenvalue weighted by molar-refractivity contribution is 5.91. The number of pyridine rings is 1. The Kier molecular flexibility index (Phi) is 3.82. The van der Waals surface area contributed by atoms with E-state index in [2.05, 4.69) is 36.3 Å². The van der Waals surface area contributed by atoms with E-state index in [4.69, 9.17) is 5.73 Å². The molecule has 18 heavy (non-hydrogen) atoms. The average molecular weight is 243 g/mol. The van der Waals surface area contributed by atoms with Crippen molar-refractivity contribution >= 4 is 16.6 Å². The third-order valence-electron chi connectivity index (χ3n) is 3.23. The minimum Gasteiger partial charge on any atom is -0.383 e. The Morgan fingerprint density at radius 1 is 1.28 bits per heavy atom. The molecule has 1 aromatic carbocycles. The fourth-order valence-electron chi connectivity index (χ4n) is 1.92. The maximum absolute atomic E-state index is 6.07. The van der Waals surface area contributed by atoms with E-state index in [0.717, 1.165) is 28.8 Å². The molecular formula is C15H21N3. The van der Waals surface area contributed by atoms with E-state index >= 15 is 0 Å². The monoisotopic (exact) mass is 243 g/mol. The molecule has 3 heteroatoms. The first-order valence-electron chi connectivity index (χ1n) is 6.44. The Bertz CT molecular complexity index is 534. The maximum atomic E-state index is 6.07. The van der Waals surface area contributed by atoms with Gasteiger partial charge >= 0.3 is 0 Å². The zero-order valence-corrected chi connectivity index (χ0v) is 11.3. The van der Waals surface area contributed by atoms with E-state index in [1.807, 2.05) is 25.1 Å². The van der Waals surface area contributed by atoms with Crippen molar-refractivity contribution in [2.45, 2.75) is 26.8 Å². The number of benzene rings is 1. The van der Waals surface area contributed by atoms with Crippen molar-refractivity contribution in [2.24, 2.45) is 11.7 Å². The number of nitrogens with two attached hydrogens (primary N) is 1. The molecule has 0 aliphatic rings. The lowest BCUT2D eigenvalue weighted by molar-refractivity contribution is 0.511. The van der Waals surface area contributed by atoms with Crippen LogP contribution in [0, 0.1) is 12.8 Å². The van der Waals surface area contributed by atoms with Gasteiger partial charge in [-0.15, -0.1) is 0 Å². The Balaban J connectivity index is 2.27. The van der Waals surface area contributed by atoms with Crippen LogP contribution >= 0.6 is 0 Å². The number of aromatic nitrogens is 1. The summed E-state index contributed by atoms with van der Waals surface area (Å²) in [5.41, 5.74) is 9.24. The van der Waals surface area contributed by atoms with E-state index in [9.17, 15) is 0 Å². The molecule has 1 heterocycles. The Morgan fingerprint density at radius 2 is 2.00 bits per heavy atom. The van der Waals surface area contributed by atoms with Gasteiger partial charge < -0.3 is 11.1 Å². The largest absolute Gasteiger partial charge is 0.383 e. The second-order valence-corrected chi connectivity index (χ2v) is 5.12. The van der Waals surface area contributed by atoms with E-state index < -0.39 is 0 Å². The van der Waals surface area contributed by atoms with Crippen molar-refractivity contribution in [1.82, 2.24) is 4.98 Å². The topological polar surface area (TPSA) is 50.9 Å². The molecule has 3 N–H and O–H groups in total. The third-order valence-corrected chi connectivity index (χ3v) is 3.23. The summed E-state index contributed by atoms with van der Waals surface area (Å²) < 4.78 is 0. The highest BCUT2D eigenvalue weighted by atomic mass is 14.9. The summed E-state index contributed by atoms with van der Waals surface area (Å²) in [6.07, 6.45) is 0. The predicted molar refractivity (Wildman–Crippen MR) is 77.8 cm³/mol. The molecule has 3 nitrogen and oxygen atoms in total. The van der Waals surface area contributed by atoms with Crippen LogP contribution < -0.4 is 11.1 Å². The standard InChI is InChI=1S/C15H21N3/c1-10(2)13(16)9-17-15-8-11(3)18-14-7-5-4-6-12(14)15/h4-8,10,13H,9,16H2,1-3H3,(H,17,18). The highest BCUT2D eigenvalue weighted by Crippen LogP contribution is 2.22. The fraction of sp³-hybridized carbons (Fsp3) is 0.400. The van der Waals surface area contributed by atoms with Gasteiger partial charge in [0, 0.05) is 29.4 Å². The first-order chi connectivity index (χ1) is 8.58. The SMILES string of the molecule is Cc1cc(NCC(N)C(C)C)c2ccccc2n1. The number of hydrogen-bond acceptors (Lipinski definition) is 3. The van der Waals surface area contributed by atoms with E-state index in [-0.39, 0.29) is 6.04 Å². The number of nitrogens with one attached hydrogen (secondary N) is 1. The molecule has 0 saturated heterocycles. The number of anilines is 1. The van der Waals surface area contributed by atoms with Crippen molar-refractivity contribution in [3.63, 3.8) is 0 Å². The molecule has 2 aromatic rings. The molecule has 1 atom stereocenters. The van der Waals surface area contributed by atoms with Crippen LogP contribution in [0.2, 0.25) is 0 Å². The normalized spacial score (nSPS) is 12.9. The van der Waals surface area contributed by atoms with Gasteiger partial charge in [0.25, 0.3) is 0 Å². The lowest BCUT2D eigenvalue weighted by atomic mass is 10.1.